The van der Waals surface area contributed by atoms with Gasteiger partial charge in [0.05, 0.1) is 5.69 Å². The number of piperidine rings is 1. The molecule has 106 valence electrons. The zero-order valence-corrected chi connectivity index (χ0v) is 13.6. The van der Waals surface area contributed by atoms with E-state index in [-0.39, 0.29) is 0 Å². The van der Waals surface area contributed by atoms with Gasteiger partial charge in [-0.05, 0) is 54.0 Å². The zero-order chi connectivity index (χ0) is 13.8. The summed E-state index contributed by atoms with van der Waals surface area (Å²) >= 11 is 4.93. The predicted molar refractivity (Wildman–Crippen MR) is 86.5 cm³/mol. The topological polar surface area (TPSA) is 41.1 Å². The Morgan fingerprint density at radius 2 is 2.00 bits per heavy atom. The Bertz CT molecular complexity index is 566. The van der Waals surface area contributed by atoms with Gasteiger partial charge in [-0.15, -0.1) is 11.3 Å². The Hall–Kier alpha value is -0.980. The minimum absolute atomic E-state index is 0.837. The van der Waals surface area contributed by atoms with E-state index in [1.54, 1.807) is 11.3 Å². The first-order chi connectivity index (χ1) is 9.79. The number of halogens is 1. The molecule has 0 amide bonds. The highest BCUT2D eigenvalue weighted by atomic mass is 79.9. The highest BCUT2D eigenvalue weighted by Crippen LogP contribution is 2.22. The molecule has 1 aliphatic heterocycles. The predicted octanol–water partition coefficient (Wildman–Crippen LogP) is 4.03. The van der Waals surface area contributed by atoms with Crippen LogP contribution < -0.4 is 5.32 Å². The quantitative estimate of drug-likeness (QED) is 0.901. The van der Waals surface area contributed by atoms with Crippen LogP contribution in [0.5, 0.6) is 0 Å². The van der Waals surface area contributed by atoms with E-state index in [4.69, 9.17) is 0 Å². The third-order valence-corrected chi connectivity index (χ3v) is 4.74. The molecule has 2 aromatic rings. The summed E-state index contributed by atoms with van der Waals surface area (Å²) in [4.78, 5) is 11.5. The molecule has 1 saturated heterocycles. The monoisotopic (exact) mass is 352 g/mol. The number of nitrogens with one attached hydrogen (secondary N) is 1. The molecule has 4 nitrogen and oxygen atoms in total. The third kappa shape index (κ3) is 3.77. The minimum Gasteiger partial charge on any atom is -0.324 e. The van der Waals surface area contributed by atoms with E-state index in [1.807, 2.05) is 11.4 Å². The minimum atomic E-state index is 0.837. The van der Waals surface area contributed by atoms with Crippen LogP contribution in [0.1, 0.15) is 25.0 Å². The maximum Gasteiger partial charge on any atom is 0.161 e. The van der Waals surface area contributed by atoms with Crippen LogP contribution in [0.2, 0.25) is 0 Å². The SMILES string of the molecule is Brc1nc(Nc2cccc(CN3CCCCC3)n2)cs1. The van der Waals surface area contributed by atoms with Crippen molar-refractivity contribution in [3.8, 4) is 0 Å². The van der Waals surface area contributed by atoms with Crippen LogP contribution in [0.25, 0.3) is 0 Å². The fraction of sp³-hybridized carbons (Fsp3) is 0.429. The van der Waals surface area contributed by atoms with Crippen molar-refractivity contribution in [3.63, 3.8) is 0 Å². The summed E-state index contributed by atoms with van der Waals surface area (Å²) in [7, 11) is 0. The van der Waals surface area contributed by atoms with E-state index < -0.39 is 0 Å². The van der Waals surface area contributed by atoms with Gasteiger partial charge < -0.3 is 5.32 Å². The Morgan fingerprint density at radius 1 is 1.15 bits per heavy atom. The van der Waals surface area contributed by atoms with Crippen molar-refractivity contribution in [1.82, 2.24) is 14.9 Å². The third-order valence-electron chi connectivity index (χ3n) is 3.37. The molecular weight excluding hydrogens is 336 g/mol. The lowest BCUT2D eigenvalue weighted by molar-refractivity contribution is 0.218. The van der Waals surface area contributed by atoms with E-state index in [9.17, 15) is 0 Å². The first-order valence-corrected chi connectivity index (χ1v) is 8.53. The van der Waals surface area contributed by atoms with Crippen LogP contribution in [0.3, 0.4) is 0 Å². The summed E-state index contributed by atoms with van der Waals surface area (Å²) in [6.07, 6.45) is 3.99. The van der Waals surface area contributed by atoms with Crippen molar-refractivity contribution in [3.05, 3.63) is 33.2 Å². The van der Waals surface area contributed by atoms with Gasteiger partial charge in [0.25, 0.3) is 0 Å². The Kier molecular flexibility index (Phi) is 4.65. The number of nitrogens with zero attached hydrogens (tertiary/aromatic N) is 3. The summed E-state index contributed by atoms with van der Waals surface area (Å²) in [5, 5.41) is 5.22. The maximum absolute atomic E-state index is 4.67. The van der Waals surface area contributed by atoms with E-state index in [0.29, 0.717) is 0 Å². The summed E-state index contributed by atoms with van der Waals surface area (Å²) in [5.41, 5.74) is 1.12. The molecule has 0 bridgehead atoms. The number of anilines is 2. The second kappa shape index (κ2) is 6.65. The highest BCUT2D eigenvalue weighted by Gasteiger charge is 2.11. The fourth-order valence-corrected chi connectivity index (χ4v) is 3.37. The summed E-state index contributed by atoms with van der Waals surface area (Å²) in [6.45, 7) is 3.33. The molecule has 1 aliphatic rings. The molecule has 20 heavy (non-hydrogen) atoms. The molecule has 1 fully saturated rings. The molecule has 0 unspecified atom stereocenters. The smallest absolute Gasteiger partial charge is 0.161 e. The molecule has 0 saturated carbocycles. The van der Waals surface area contributed by atoms with Crippen LogP contribution in [0.15, 0.2) is 27.5 Å². The number of aromatic nitrogens is 2. The van der Waals surface area contributed by atoms with Crippen LogP contribution in [0, 0.1) is 0 Å². The first-order valence-electron chi connectivity index (χ1n) is 6.86. The Morgan fingerprint density at radius 3 is 2.75 bits per heavy atom. The first kappa shape index (κ1) is 14.0. The van der Waals surface area contributed by atoms with Gasteiger partial charge in [0, 0.05) is 11.9 Å². The lowest BCUT2D eigenvalue weighted by Crippen LogP contribution is -2.29. The highest BCUT2D eigenvalue weighted by molar-refractivity contribution is 9.11. The molecular formula is C14H17BrN4S. The van der Waals surface area contributed by atoms with Crippen molar-refractivity contribution in [2.24, 2.45) is 0 Å². The average molecular weight is 353 g/mol. The van der Waals surface area contributed by atoms with Gasteiger partial charge in [0.1, 0.15) is 11.6 Å². The van der Waals surface area contributed by atoms with Gasteiger partial charge in [-0.25, -0.2) is 9.97 Å². The van der Waals surface area contributed by atoms with Crippen molar-refractivity contribution in [1.29, 1.82) is 0 Å². The van der Waals surface area contributed by atoms with E-state index in [2.05, 4.69) is 48.2 Å². The largest absolute Gasteiger partial charge is 0.324 e. The molecule has 0 aromatic carbocycles. The second-order valence-electron chi connectivity index (χ2n) is 4.96. The molecule has 0 aliphatic carbocycles. The van der Waals surface area contributed by atoms with Gasteiger partial charge >= 0.3 is 0 Å². The number of hydrogen-bond donors (Lipinski definition) is 1. The lowest BCUT2D eigenvalue weighted by atomic mass is 10.1. The van der Waals surface area contributed by atoms with Gasteiger partial charge in [-0.1, -0.05) is 12.5 Å². The molecule has 0 spiro atoms. The van der Waals surface area contributed by atoms with Crippen molar-refractivity contribution in [2.45, 2.75) is 25.8 Å². The van der Waals surface area contributed by atoms with Crippen molar-refractivity contribution in [2.75, 3.05) is 18.4 Å². The molecule has 0 radical (unpaired) electrons. The van der Waals surface area contributed by atoms with Crippen molar-refractivity contribution >= 4 is 38.9 Å². The average Bonchev–Trinajstić information content (AvgIpc) is 2.86. The standard InChI is InChI=1S/C14H17BrN4S/c15-14-18-13(10-20-14)17-12-6-4-5-11(16-12)9-19-7-2-1-3-8-19/h4-6,10H,1-3,7-9H2,(H,16,17). The molecule has 3 heterocycles. The molecule has 1 N–H and O–H groups in total. The molecule has 3 rings (SSSR count). The van der Waals surface area contributed by atoms with E-state index in [1.165, 1.54) is 32.4 Å². The summed E-state index contributed by atoms with van der Waals surface area (Å²) in [6, 6.07) is 6.12. The van der Waals surface area contributed by atoms with Gasteiger partial charge in [-0.3, -0.25) is 4.90 Å². The molecule has 2 aromatic heterocycles. The van der Waals surface area contributed by atoms with Crippen LogP contribution in [-0.2, 0) is 6.54 Å². The number of hydrogen-bond acceptors (Lipinski definition) is 5. The number of rotatable bonds is 4. The second-order valence-corrected chi connectivity index (χ2v) is 7.10. The summed E-state index contributed by atoms with van der Waals surface area (Å²) in [5.74, 6) is 1.70. The molecule has 0 atom stereocenters. The van der Waals surface area contributed by atoms with Crippen molar-refractivity contribution < 1.29 is 0 Å². The molecule has 6 heteroatoms. The van der Waals surface area contributed by atoms with E-state index in [0.717, 1.165) is 27.8 Å². The van der Waals surface area contributed by atoms with Crippen LogP contribution in [-0.4, -0.2) is 28.0 Å². The van der Waals surface area contributed by atoms with Gasteiger partial charge in [0.15, 0.2) is 3.92 Å². The normalized spacial score (nSPS) is 16.2. The lowest BCUT2D eigenvalue weighted by Gasteiger charge is -2.26. The Labute approximate surface area is 131 Å². The maximum atomic E-state index is 4.67. The van der Waals surface area contributed by atoms with E-state index >= 15 is 0 Å². The summed E-state index contributed by atoms with van der Waals surface area (Å²) < 4.78 is 0.879. The Balaban J connectivity index is 1.65. The fourth-order valence-electron chi connectivity index (χ4n) is 2.42. The van der Waals surface area contributed by atoms with Gasteiger partial charge in [0.2, 0.25) is 0 Å². The van der Waals surface area contributed by atoms with Crippen LogP contribution in [0.4, 0.5) is 11.6 Å². The number of thiazole rings is 1. The number of likely N-dealkylation sites (tertiary alicyclic amines) is 1. The van der Waals surface area contributed by atoms with Crippen LogP contribution >= 0.6 is 27.3 Å². The number of pyridine rings is 1. The zero-order valence-electron chi connectivity index (χ0n) is 11.2. The van der Waals surface area contributed by atoms with Gasteiger partial charge in [-0.2, -0.15) is 0 Å².